The lowest BCUT2D eigenvalue weighted by Crippen LogP contribution is -2.20. The molecular formula is C19H15ClN2O3S. The molecule has 26 heavy (non-hydrogen) atoms. The fourth-order valence-corrected chi connectivity index (χ4v) is 3.19. The molecule has 1 N–H and O–H groups in total. The van der Waals surface area contributed by atoms with Crippen molar-refractivity contribution in [3.05, 3.63) is 64.5 Å². The quantitative estimate of drug-likeness (QED) is 0.624. The minimum Gasteiger partial charge on any atom is -0.484 e. The third-order valence-corrected chi connectivity index (χ3v) is 4.60. The summed E-state index contributed by atoms with van der Waals surface area (Å²) in [6.45, 7) is 1.30. The van der Waals surface area contributed by atoms with Gasteiger partial charge in [-0.05, 0) is 25.1 Å². The molecule has 0 spiro atoms. The Morgan fingerprint density at radius 2 is 2.00 bits per heavy atom. The number of amides is 1. The van der Waals surface area contributed by atoms with Gasteiger partial charge < -0.3 is 4.74 Å². The highest BCUT2D eigenvalue weighted by Crippen LogP contribution is 2.30. The fourth-order valence-electron chi connectivity index (χ4n) is 2.23. The standard InChI is InChI=1S/C19H15ClN2O3S/c1-12(23)13-5-4-6-14(9-13)25-10-18(24)22-19-21-17(11-26-19)15-7-2-3-8-16(15)20/h2-9,11H,10H2,1H3,(H,21,22,24). The largest absolute Gasteiger partial charge is 0.484 e. The van der Waals surface area contributed by atoms with Crippen molar-refractivity contribution in [2.45, 2.75) is 6.92 Å². The second-order valence-electron chi connectivity index (χ2n) is 5.44. The predicted molar refractivity (Wildman–Crippen MR) is 103 cm³/mol. The maximum Gasteiger partial charge on any atom is 0.264 e. The normalized spacial score (nSPS) is 10.4. The number of halogens is 1. The summed E-state index contributed by atoms with van der Waals surface area (Å²) in [5, 5.41) is 5.59. The molecule has 1 aromatic heterocycles. The van der Waals surface area contributed by atoms with Crippen LogP contribution in [0.3, 0.4) is 0 Å². The first-order valence-electron chi connectivity index (χ1n) is 7.77. The van der Waals surface area contributed by atoms with E-state index in [0.717, 1.165) is 5.56 Å². The molecule has 0 fully saturated rings. The van der Waals surface area contributed by atoms with Gasteiger partial charge in [0.15, 0.2) is 17.5 Å². The van der Waals surface area contributed by atoms with E-state index in [2.05, 4.69) is 10.3 Å². The summed E-state index contributed by atoms with van der Waals surface area (Å²) in [7, 11) is 0. The van der Waals surface area contributed by atoms with Crippen LogP contribution in [-0.2, 0) is 4.79 Å². The second kappa shape index (κ2) is 8.12. The number of anilines is 1. The molecule has 7 heteroatoms. The van der Waals surface area contributed by atoms with Gasteiger partial charge >= 0.3 is 0 Å². The molecule has 1 amide bonds. The smallest absolute Gasteiger partial charge is 0.264 e. The lowest BCUT2D eigenvalue weighted by Gasteiger charge is -2.06. The Kier molecular flexibility index (Phi) is 5.65. The summed E-state index contributed by atoms with van der Waals surface area (Å²) < 4.78 is 5.43. The Hall–Kier alpha value is -2.70. The van der Waals surface area contributed by atoms with Crippen molar-refractivity contribution in [3.63, 3.8) is 0 Å². The van der Waals surface area contributed by atoms with Crippen LogP contribution < -0.4 is 10.1 Å². The third kappa shape index (κ3) is 4.47. The molecular weight excluding hydrogens is 372 g/mol. The van der Waals surface area contributed by atoms with Gasteiger partial charge in [-0.2, -0.15) is 0 Å². The van der Waals surface area contributed by atoms with E-state index in [4.69, 9.17) is 16.3 Å². The first-order chi connectivity index (χ1) is 12.5. The molecule has 0 aliphatic heterocycles. The predicted octanol–water partition coefficient (Wildman–Crippen LogP) is 4.68. The number of benzene rings is 2. The van der Waals surface area contributed by atoms with Crippen molar-refractivity contribution < 1.29 is 14.3 Å². The molecule has 0 bridgehead atoms. The van der Waals surface area contributed by atoms with Crippen LogP contribution in [-0.4, -0.2) is 23.3 Å². The van der Waals surface area contributed by atoms with Gasteiger partial charge in [-0.25, -0.2) is 4.98 Å². The maximum atomic E-state index is 12.1. The minimum atomic E-state index is -0.335. The summed E-state index contributed by atoms with van der Waals surface area (Å²) in [5.74, 6) is 0.0665. The Morgan fingerprint density at radius 1 is 1.19 bits per heavy atom. The highest BCUT2D eigenvalue weighted by atomic mass is 35.5. The van der Waals surface area contributed by atoms with Gasteiger partial charge in [-0.15, -0.1) is 11.3 Å². The topological polar surface area (TPSA) is 68.3 Å². The molecule has 132 valence electrons. The van der Waals surface area contributed by atoms with Crippen LogP contribution in [0.25, 0.3) is 11.3 Å². The summed E-state index contributed by atoms with van der Waals surface area (Å²) in [6, 6.07) is 14.1. The number of carbonyl (C=O) groups is 2. The van der Waals surface area contributed by atoms with Gasteiger partial charge in [0.05, 0.1) is 5.69 Å². The lowest BCUT2D eigenvalue weighted by atomic mass is 10.1. The summed E-state index contributed by atoms with van der Waals surface area (Å²) >= 11 is 7.47. The number of Topliss-reactive ketones (excluding diaryl/α,β-unsaturated/α-hetero) is 1. The van der Waals surface area contributed by atoms with E-state index in [1.165, 1.54) is 18.3 Å². The van der Waals surface area contributed by atoms with Crippen LogP contribution in [0.5, 0.6) is 5.75 Å². The number of aromatic nitrogens is 1. The number of thiazole rings is 1. The molecule has 3 aromatic rings. The van der Waals surface area contributed by atoms with Crippen LogP contribution in [0.15, 0.2) is 53.9 Å². The van der Waals surface area contributed by atoms with Crippen LogP contribution in [0.2, 0.25) is 5.02 Å². The van der Waals surface area contributed by atoms with Crippen molar-refractivity contribution in [1.82, 2.24) is 4.98 Å². The first-order valence-corrected chi connectivity index (χ1v) is 9.03. The van der Waals surface area contributed by atoms with Gasteiger partial charge in [0.1, 0.15) is 5.75 Å². The van der Waals surface area contributed by atoms with Gasteiger partial charge in [-0.3, -0.25) is 14.9 Å². The molecule has 0 aliphatic carbocycles. The summed E-state index contributed by atoms with van der Waals surface area (Å²) in [6.07, 6.45) is 0. The minimum absolute atomic E-state index is 0.0604. The van der Waals surface area contributed by atoms with Crippen molar-refractivity contribution in [1.29, 1.82) is 0 Å². The number of hydrogen-bond donors (Lipinski definition) is 1. The highest BCUT2D eigenvalue weighted by molar-refractivity contribution is 7.14. The van der Waals surface area contributed by atoms with Gasteiger partial charge in [0.2, 0.25) is 0 Å². The molecule has 1 heterocycles. The van der Waals surface area contributed by atoms with Crippen LogP contribution in [0.4, 0.5) is 5.13 Å². The van der Waals surface area contributed by atoms with Crippen LogP contribution >= 0.6 is 22.9 Å². The zero-order valence-electron chi connectivity index (χ0n) is 13.9. The number of nitrogens with zero attached hydrogens (tertiary/aromatic N) is 1. The fraction of sp³-hybridized carbons (Fsp3) is 0.105. The average Bonchev–Trinajstić information content (AvgIpc) is 3.08. The van der Waals surface area contributed by atoms with E-state index in [9.17, 15) is 9.59 Å². The zero-order valence-corrected chi connectivity index (χ0v) is 15.4. The molecule has 0 radical (unpaired) electrons. The molecule has 3 rings (SSSR count). The molecule has 5 nitrogen and oxygen atoms in total. The van der Waals surface area contributed by atoms with E-state index < -0.39 is 0 Å². The van der Waals surface area contributed by atoms with E-state index in [1.807, 2.05) is 23.6 Å². The van der Waals surface area contributed by atoms with Crippen molar-refractivity contribution in [2.75, 3.05) is 11.9 Å². The number of nitrogens with one attached hydrogen (secondary N) is 1. The van der Waals surface area contributed by atoms with Crippen molar-refractivity contribution in [3.8, 4) is 17.0 Å². The number of carbonyl (C=O) groups excluding carboxylic acids is 2. The van der Waals surface area contributed by atoms with Gasteiger partial charge in [-0.1, -0.05) is 41.9 Å². The number of ether oxygens (including phenoxy) is 1. The number of ketones is 1. The SMILES string of the molecule is CC(=O)c1cccc(OCC(=O)Nc2nc(-c3ccccc3Cl)cs2)c1. The summed E-state index contributed by atoms with van der Waals surface area (Å²) in [5.41, 5.74) is 2.04. The molecule has 0 saturated heterocycles. The van der Waals surface area contributed by atoms with E-state index in [1.54, 1.807) is 30.3 Å². The molecule has 0 unspecified atom stereocenters. The van der Waals surface area contributed by atoms with Crippen LogP contribution in [0, 0.1) is 0 Å². The Labute approximate surface area is 159 Å². The summed E-state index contributed by atoms with van der Waals surface area (Å²) in [4.78, 5) is 27.8. The molecule has 0 saturated carbocycles. The van der Waals surface area contributed by atoms with E-state index in [0.29, 0.717) is 27.2 Å². The van der Waals surface area contributed by atoms with Crippen LogP contribution in [0.1, 0.15) is 17.3 Å². The maximum absolute atomic E-state index is 12.1. The van der Waals surface area contributed by atoms with E-state index >= 15 is 0 Å². The molecule has 0 aliphatic rings. The Morgan fingerprint density at radius 3 is 2.77 bits per heavy atom. The first kappa shape index (κ1) is 18.1. The highest BCUT2D eigenvalue weighted by Gasteiger charge is 2.11. The Bertz CT molecular complexity index is 955. The van der Waals surface area contributed by atoms with E-state index in [-0.39, 0.29) is 18.3 Å². The number of rotatable bonds is 6. The third-order valence-electron chi connectivity index (χ3n) is 3.51. The molecule has 2 aromatic carbocycles. The average molecular weight is 387 g/mol. The number of hydrogen-bond acceptors (Lipinski definition) is 5. The van der Waals surface area contributed by atoms with Gasteiger partial charge in [0.25, 0.3) is 5.91 Å². The molecule has 0 atom stereocenters. The Balaban J connectivity index is 1.60. The van der Waals surface area contributed by atoms with Crippen molar-refractivity contribution in [2.24, 2.45) is 0 Å². The second-order valence-corrected chi connectivity index (χ2v) is 6.70. The zero-order chi connectivity index (χ0) is 18.5. The van der Waals surface area contributed by atoms with Crippen molar-refractivity contribution >= 4 is 39.8 Å². The lowest BCUT2D eigenvalue weighted by molar-refractivity contribution is -0.118. The van der Waals surface area contributed by atoms with Gasteiger partial charge in [0, 0.05) is 21.5 Å². The monoisotopic (exact) mass is 386 g/mol.